The predicted octanol–water partition coefficient (Wildman–Crippen LogP) is 4.20. The van der Waals surface area contributed by atoms with Crippen molar-refractivity contribution in [3.8, 4) is 0 Å². The molecule has 1 heterocycles. The fourth-order valence-electron chi connectivity index (χ4n) is 2.60. The first kappa shape index (κ1) is 17.9. The minimum atomic E-state index is -0.552. The van der Waals surface area contributed by atoms with Gasteiger partial charge < -0.3 is 9.88 Å². The smallest absolute Gasteiger partial charge is 0.285 e. The molecule has 1 aromatic heterocycles. The maximum absolute atomic E-state index is 12.2. The summed E-state index contributed by atoms with van der Waals surface area (Å²) in [6.45, 7) is 3.71. The minimum absolute atomic E-state index is 0.0642. The third-order valence-electron chi connectivity index (χ3n) is 4.08. The Morgan fingerprint density at radius 2 is 1.88 bits per heavy atom. The Hall–Kier alpha value is -2.92. The molecule has 0 aliphatic carbocycles. The molecule has 0 bridgehead atoms. The summed E-state index contributed by atoms with van der Waals surface area (Å²) in [5.41, 5.74) is 2.14. The van der Waals surface area contributed by atoms with Crippen LogP contribution in [0.4, 0.5) is 11.6 Å². The fraction of sp³-hybridized carbons (Fsp3) is 0.150. The van der Waals surface area contributed by atoms with Crippen LogP contribution in [0, 0.1) is 6.92 Å². The van der Waals surface area contributed by atoms with Crippen molar-refractivity contribution in [1.29, 1.82) is 0 Å². The van der Waals surface area contributed by atoms with Crippen LogP contribution in [0.15, 0.2) is 59.5 Å². The topological polar surface area (TPSA) is 64.0 Å². The van der Waals surface area contributed by atoms with Gasteiger partial charge >= 0.3 is 0 Å². The molecule has 5 nitrogen and oxygen atoms in total. The van der Waals surface area contributed by atoms with E-state index in [1.165, 1.54) is 6.92 Å². The van der Waals surface area contributed by atoms with Gasteiger partial charge in [0.05, 0.1) is 6.54 Å². The van der Waals surface area contributed by atoms with Gasteiger partial charge in [-0.15, -0.1) is 0 Å². The summed E-state index contributed by atoms with van der Waals surface area (Å²) in [6, 6.07) is 15.2. The van der Waals surface area contributed by atoms with E-state index in [-0.39, 0.29) is 11.3 Å². The highest BCUT2D eigenvalue weighted by Gasteiger charge is 2.13. The van der Waals surface area contributed by atoms with Crippen molar-refractivity contribution >= 4 is 29.0 Å². The van der Waals surface area contributed by atoms with E-state index in [1.807, 2.05) is 49.4 Å². The zero-order chi connectivity index (χ0) is 18.7. The molecule has 0 fully saturated rings. The van der Waals surface area contributed by atoms with Crippen molar-refractivity contribution in [2.45, 2.75) is 20.4 Å². The number of halogens is 1. The van der Waals surface area contributed by atoms with Crippen molar-refractivity contribution in [3.05, 3.63) is 86.8 Å². The second-order valence-electron chi connectivity index (χ2n) is 5.99. The molecule has 1 N–H and O–H groups in total. The van der Waals surface area contributed by atoms with Gasteiger partial charge in [-0.05, 0) is 37.1 Å². The quantitative estimate of drug-likeness (QED) is 0.686. The molecule has 3 rings (SSSR count). The van der Waals surface area contributed by atoms with Gasteiger partial charge in [0.25, 0.3) is 5.56 Å². The summed E-state index contributed by atoms with van der Waals surface area (Å²) in [7, 11) is 0. The van der Waals surface area contributed by atoms with Crippen LogP contribution in [0.25, 0.3) is 0 Å². The number of nitrogens with one attached hydrogen (secondary N) is 1. The first-order chi connectivity index (χ1) is 12.5. The lowest BCUT2D eigenvalue weighted by Crippen LogP contribution is -2.23. The molecule has 132 valence electrons. The Bertz CT molecular complexity index is 1010. The van der Waals surface area contributed by atoms with Crippen LogP contribution in [0.3, 0.4) is 0 Å². The lowest BCUT2D eigenvalue weighted by molar-refractivity contribution is 0.101. The molecule has 6 heteroatoms. The summed E-state index contributed by atoms with van der Waals surface area (Å²) in [4.78, 5) is 28.1. The van der Waals surface area contributed by atoms with Gasteiger partial charge in [0.1, 0.15) is 5.56 Å². The van der Waals surface area contributed by atoms with E-state index in [0.29, 0.717) is 17.5 Å². The third-order valence-corrected chi connectivity index (χ3v) is 4.49. The number of nitrogens with zero attached hydrogens (tertiary/aromatic N) is 2. The van der Waals surface area contributed by atoms with Crippen molar-refractivity contribution in [3.63, 3.8) is 0 Å². The predicted molar refractivity (Wildman–Crippen MR) is 104 cm³/mol. The maximum atomic E-state index is 12.2. The molecule has 0 radical (unpaired) electrons. The minimum Gasteiger partial charge on any atom is -0.325 e. The molecule has 0 aliphatic rings. The van der Waals surface area contributed by atoms with Crippen LogP contribution < -0.4 is 10.9 Å². The van der Waals surface area contributed by atoms with Gasteiger partial charge in [-0.25, -0.2) is 0 Å². The number of rotatable bonds is 5. The van der Waals surface area contributed by atoms with E-state index in [1.54, 1.807) is 16.8 Å². The van der Waals surface area contributed by atoms with Gasteiger partial charge in [-0.1, -0.05) is 48.0 Å². The molecule has 0 aliphatic heterocycles. The molecule has 0 saturated heterocycles. The van der Waals surface area contributed by atoms with Crippen molar-refractivity contribution in [2.75, 3.05) is 5.32 Å². The van der Waals surface area contributed by atoms with Gasteiger partial charge in [0, 0.05) is 16.9 Å². The highest BCUT2D eigenvalue weighted by atomic mass is 35.5. The Labute approximate surface area is 156 Å². The number of carbonyl (C=O) groups excluding carboxylic acids is 1. The summed E-state index contributed by atoms with van der Waals surface area (Å²) < 4.78 is 1.76. The van der Waals surface area contributed by atoms with Gasteiger partial charge in [0.2, 0.25) is 5.95 Å². The Kier molecular flexibility index (Phi) is 5.19. The standard InChI is InChI=1S/C20H18ClN3O2/c1-13-17(21)9-6-10-18(13)22-20-23-19(26)16(14(2)25)12-24(20)11-15-7-4-3-5-8-15/h3-10,12H,11H2,1-2H3,(H,22,23,26). The average Bonchev–Trinajstić information content (AvgIpc) is 2.61. The number of hydrogen-bond donors (Lipinski definition) is 1. The molecule has 26 heavy (non-hydrogen) atoms. The highest BCUT2D eigenvalue weighted by Crippen LogP contribution is 2.25. The highest BCUT2D eigenvalue weighted by molar-refractivity contribution is 6.31. The van der Waals surface area contributed by atoms with Crippen LogP contribution in [-0.2, 0) is 6.54 Å². The number of aromatic nitrogens is 2. The van der Waals surface area contributed by atoms with Gasteiger partial charge in [-0.2, -0.15) is 4.98 Å². The number of anilines is 2. The number of hydrogen-bond acceptors (Lipinski definition) is 4. The largest absolute Gasteiger partial charge is 0.325 e. The summed E-state index contributed by atoms with van der Waals surface area (Å²) in [5.74, 6) is 0.0454. The van der Waals surface area contributed by atoms with E-state index < -0.39 is 5.56 Å². The molecular weight excluding hydrogens is 350 g/mol. The second-order valence-corrected chi connectivity index (χ2v) is 6.40. The van der Waals surface area contributed by atoms with Crippen LogP contribution in [0.5, 0.6) is 0 Å². The van der Waals surface area contributed by atoms with E-state index in [4.69, 9.17) is 11.6 Å². The average molecular weight is 368 g/mol. The zero-order valence-electron chi connectivity index (χ0n) is 14.5. The molecule has 0 spiro atoms. The number of Topliss-reactive ketones (excluding diaryl/α,β-unsaturated/α-hetero) is 1. The Balaban J connectivity index is 2.07. The molecule has 0 atom stereocenters. The van der Waals surface area contributed by atoms with Crippen molar-refractivity contribution < 1.29 is 4.79 Å². The summed E-state index contributed by atoms with van der Waals surface area (Å²) in [5, 5.41) is 3.78. The number of benzene rings is 2. The molecule has 3 aromatic rings. The monoisotopic (exact) mass is 367 g/mol. The molecule has 2 aromatic carbocycles. The number of ketones is 1. The fourth-order valence-corrected chi connectivity index (χ4v) is 2.77. The van der Waals surface area contributed by atoms with E-state index in [2.05, 4.69) is 10.3 Å². The number of carbonyl (C=O) groups is 1. The third kappa shape index (κ3) is 3.83. The lowest BCUT2D eigenvalue weighted by atomic mass is 10.2. The van der Waals surface area contributed by atoms with Crippen LogP contribution in [0.1, 0.15) is 28.4 Å². The van der Waals surface area contributed by atoms with Crippen LogP contribution in [0.2, 0.25) is 5.02 Å². The second kappa shape index (κ2) is 7.54. The normalized spacial score (nSPS) is 10.6. The summed E-state index contributed by atoms with van der Waals surface area (Å²) in [6.07, 6.45) is 1.55. The summed E-state index contributed by atoms with van der Waals surface area (Å²) >= 11 is 6.17. The SMILES string of the molecule is CC(=O)c1cn(Cc2ccccc2)c(Nc2cccc(Cl)c2C)nc1=O. The molecule has 0 saturated carbocycles. The van der Waals surface area contributed by atoms with Crippen molar-refractivity contribution in [1.82, 2.24) is 9.55 Å². The first-order valence-corrected chi connectivity index (χ1v) is 8.52. The molecule has 0 unspecified atom stereocenters. The zero-order valence-corrected chi connectivity index (χ0v) is 15.2. The van der Waals surface area contributed by atoms with Gasteiger partial charge in [0.15, 0.2) is 5.78 Å². The van der Waals surface area contributed by atoms with Crippen LogP contribution in [-0.4, -0.2) is 15.3 Å². The van der Waals surface area contributed by atoms with Crippen molar-refractivity contribution in [2.24, 2.45) is 0 Å². The molecule has 0 amide bonds. The van der Waals surface area contributed by atoms with E-state index >= 15 is 0 Å². The maximum Gasteiger partial charge on any atom is 0.285 e. The Morgan fingerprint density at radius 3 is 2.58 bits per heavy atom. The Morgan fingerprint density at radius 1 is 1.15 bits per heavy atom. The van der Waals surface area contributed by atoms with Gasteiger partial charge in [-0.3, -0.25) is 9.59 Å². The van der Waals surface area contributed by atoms with E-state index in [9.17, 15) is 9.59 Å². The molecular formula is C20H18ClN3O2. The van der Waals surface area contributed by atoms with Crippen LogP contribution >= 0.6 is 11.6 Å². The first-order valence-electron chi connectivity index (χ1n) is 8.14. The lowest BCUT2D eigenvalue weighted by Gasteiger charge is -2.16. The van der Waals surface area contributed by atoms with E-state index in [0.717, 1.165) is 16.8 Å².